The maximum atomic E-state index is 11.7. The topological polar surface area (TPSA) is 96.3 Å². The third-order valence-corrected chi connectivity index (χ3v) is 4.96. The minimum atomic E-state index is -0.475. The monoisotopic (exact) mass is 341 g/mol. The zero-order valence-electron chi connectivity index (χ0n) is 14.3. The lowest BCUT2D eigenvalue weighted by Crippen LogP contribution is -2.44. The van der Waals surface area contributed by atoms with Crippen LogP contribution in [0.15, 0.2) is 29.1 Å². The molecule has 1 aromatic carbocycles. The molecule has 2 aliphatic heterocycles. The number of fused-ring (bicyclic) bond motifs is 2. The van der Waals surface area contributed by atoms with E-state index in [0.717, 1.165) is 24.9 Å². The van der Waals surface area contributed by atoms with Gasteiger partial charge in [-0.2, -0.15) is 4.98 Å². The minimum absolute atomic E-state index is 0.0548. The second kappa shape index (κ2) is 6.40. The van der Waals surface area contributed by atoms with Crippen LogP contribution < -0.4 is 26.4 Å². The summed E-state index contributed by atoms with van der Waals surface area (Å²) in [6.45, 7) is 4.30. The second-order valence-corrected chi connectivity index (χ2v) is 6.55. The number of anilines is 2. The Hall–Kier alpha value is -2.54. The molecule has 25 heavy (non-hydrogen) atoms. The van der Waals surface area contributed by atoms with Gasteiger partial charge in [-0.15, -0.1) is 0 Å². The molecule has 3 heterocycles. The van der Waals surface area contributed by atoms with Crippen molar-refractivity contribution in [3.05, 3.63) is 45.9 Å². The Bertz CT molecular complexity index is 834. The number of nitrogens with zero attached hydrogens (tertiary/aromatic N) is 2. The molecule has 4 N–H and O–H groups in total. The largest absolute Gasteiger partial charge is 0.476 e. The molecule has 2 aliphatic rings. The van der Waals surface area contributed by atoms with Gasteiger partial charge < -0.3 is 20.7 Å². The van der Waals surface area contributed by atoms with Gasteiger partial charge >= 0.3 is 5.69 Å². The van der Waals surface area contributed by atoms with E-state index in [0.29, 0.717) is 24.8 Å². The van der Waals surface area contributed by atoms with Crippen LogP contribution in [0.1, 0.15) is 30.5 Å². The highest BCUT2D eigenvalue weighted by molar-refractivity contribution is 5.61. The Morgan fingerprint density at radius 2 is 2.24 bits per heavy atom. The van der Waals surface area contributed by atoms with E-state index in [9.17, 15) is 4.79 Å². The van der Waals surface area contributed by atoms with E-state index >= 15 is 0 Å². The fourth-order valence-electron chi connectivity index (χ4n) is 3.98. The average molecular weight is 341 g/mol. The molecular formula is C18H23N5O2. The van der Waals surface area contributed by atoms with E-state index in [2.05, 4.69) is 51.4 Å². The van der Waals surface area contributed by atoms with E-state index in [1.165, 1.54) is 11.3 Å². The Morgan fingerprint density at radius 3 is 3.08 bits per heavy atom. The zero-order valence-corrected chi connectivity index (χ0v) is 14.3. The summed E-state index contributed by atoms with van der Waals surface area (Å²) in [6.07, 6.45) is 1.98. The lowest BCUT2D eigenvalue weighted by Gasteiger charge is -2.34. The van der Waals surface area contributed by atoms with Crippen LogP contribution in [0.2, 0.25) is 0 Å². The van der Waals surface area contributed by atoms with E-state index in [4.69, 9.17) is 10.5 Å². The van der Waals surface area contributed by atoms with Crippen molar-refractivity contribution >= 4 is 11.5 Å². The van der Waals surface area contributed by atoms with Gasteiger partial charge in [-0.3, -0.25) is 4.98 Å². The first-order valence-corrected chi connectivity index (χ1v) is 8.79. The predicted octanol–water partition coefficient (Wildman–Crippen LogP) is 1.22. The SMILES string of the molecule is CCCN1c2ccccc2CC1C1NCCOc2nc(=O)[nH]c(N)c21. The molecule has 2 atom stereocenters. The molecule has 0 saturated heterocycles. The molecule has 0 aliphatic carbocycles. The maximum absolute atomic E-state index is 11.7. The number of H-pyrrole nitrogens is 1. The fraction of sp³-hybridized carbons (Fsp3) is 0.444. The van der Waals surface area contributed by atoms with Crippen molar-refractivity contribution in [2.75, 3.05) is 30.3 Å². The molecule has 0 spiro atoms. The van der Waals surface area contributed by atoms with Crippen LogP contribution in [0, 0.1) is 0 Å². The summed E-state index contributed by atoms with van der Waals surface area (Å²) in [4.78, 5) is 20.8. The maximum Gasteiger partial charge on any atom is 0.349 e. The van der Waals surface area contributed by atoms with Crippen molar-refractivity contribution in [2.45, 2.75) is 31.8 Å². The lowest BCUT2D eigenvalue weighted by molar-refractivity contribution is 0.310. The van der Waals surface area contributed by atoms with Crippen molar-refractivity contribution in [3.63, 3.8) is 0 Å². The van der Waals surface area contributed by atoms with E-state index < -0.39 is 5.69 Å². The third kappa shape index (κ3) is 2.74. The Morgan fingerprint density at radius 1 is 1.40 bits per heavy atom. The van der Waals surface area contributed by atoms with Gasteiger partial charge in [0.15, 0.2) is 0 Å². The highest BCUT2D eigenvalue weighted by atomic mass is 16.5. The molecular weight excluding hydrogens is 318 g/mol. The summed E-state index contributed by atoms with van der Waals surface area (Å²) in [6, 6.07) is 8.66. The highest BCUT2D eigenvalue weighted by Gasteiger charge is 2.38. The van der Waals surface area contributed by atoms with Crippen LogP contribution in [-0.2, 0) is 6.42 Å². The number of nitrogens with two attached hydrogens (primary N) is 1. The number of ether oxygens (including phenoxy) is 1. The normalized spacial score (nSPS) is 22.0. The number of rotatable bonds is 3. The zero-order chi connectivity index (χ0) is 17.4. The average Bonchev–Trinajstić information content (AvgIpc) is 2.80. The van der Waals surface area contributed by atoms with Crippen LogP contribution in [0.3, 0.4) is 0 Å². The standard InChI is InChI=1S/C18H23N5O2/c1-2-8-23-12-6-4-3-5-11(12)10-13(23)15-14-16(19)21-18(24)22-17(14)25-9-7-20-15/h3-6,13,15,20H,2,7-10H2,1H3,(H3,19,21,22,24). The van der Waals surface area contributed by atoms with Gasteiger partial charge in [-0.25, -0.2) is 4.79 Å². The highest BCUT2D eigenvalue weighted by Crippen LogP contribution is 2.40. The molecule has 7 nitrogen and oxygen atoms in total. The molecule has 0 saturated carbocycles. The summed E-state index contributed by atoms with van der Waals surface area (Å²) in [5.74, 6) is 0.686. The second-order valence-electron chi connectivity index (χ2n) is 6.55. The van der Waals surface area contributed by atoms with E-state index in [-0.39, 0.29) is 12.1 Å². The van der Waals surface area contributed by atoms with Crippen molar-refractivity contribution in [1.82, 2.24) is 15.3 Å². The first kappa shape index (κ1) is 16.0. The number of hydrogen-bond donors (Lipinski definition) is 3. The quantitative estimate of drug-likeness (QED) is 0.777. The van der Waals surface area contributed by atoms with Crippen molar-refractivity contribution < 1.29 is 4.74 Å². The summed E-state index contributed by atoms with van der Waals surface area (Å²) < 4.78 is 5.68. The van der Waals surface area contributed by atoms with Gasteiger partial charge in [-0.05, 0) is 24.5 Å². The smallest absolute Gasteiger partial charge is 0.349 e. The molecule has 132 valence electrons. The van der Waals surface area contributed by atoms with Crippen molar-refractivity contribution in [1.29, 1.82) is 0 Å². The van der Waals surface area contributed by atoms with Gasteiger partial charge in [0.2, 0.25) is 5.88 Å². The molecule has 2 unspecified atom stereocenters. The van der Waals surface area contributed by atoms with Gasteiger partial charge in [0, 0.05) is 18.8 Å². The number of nitrogens with one attached hydrogen (secondary N) is 2. The number of aromatic amines is 1. The Kier molecular flexibility index (Phi) is 4.09. The first-order chi connectivity index (χ1) is 12.2. The van der Waals surface area contributed by atoms with Crippen molar-refractivity contribution in [2.24, 2.45) is 0 Å². The summed E-state index contributed by atoms with van der Waals surface area (Å²) in [5, 5.41) is 3.55. The van der Waals surface area contributed by atoms with Gasteiger partial charge in [0.05, 0.1) is 17.6 Å². The molecule has 0 fully saturated rings. The van der Waals surface area contributed by atoms with E-state index in [1.54, 1.807) is 0 Å². The Labute approximate surface area is 146 Å². The summed E-state index contributed by atoms with van der Waals surface area (Å²) in [5.41, 5.74) is 9.06. The molecule has 7 heteroatoms. The van der Waals surface area contributed by atoms with Gasteiger partial charge in [-0.1, -0.05) is 25.1 Å². The summed E-state index contributed by atoms with van der Waals surface area (Å²) >= 11 is 0. The molecule has 2 aromatic rings. The number of nitrogen functional groups attached to an aromatic ring is 1. The van der Waals surface area contributed by atoms with Crippen LogP contribution in [0.25, 0.3) is 0 Å². The molecule has 4 rings (SSSR count). The van der Waals surface area contributed by atoms with E-state index in [1.807, 2.05) is 0 Å². The lowest BCUT2D eigenvalue weighted by atomic mass is 9.96. The van der Waals surface area contributed by atoms with Crippen LogP contribution >= 0.6 is 0 Å². The van der Waals surface area contributed by atoms with Crippen molar-refractivity contribution in [3.8, 4) is 5.88 Å². The predicted molar refractivity (Wildman–Crippen MR) is 97.1 cm³/mol. The van der Waals surface area contributed by atoms with Crippen LogP contribution in [0.5, 0.6) is 5.88 Å². The number of benzene rings is 1. The number of para-hydroxylation sites is 1. The van der Waals surface area contributed by atoms with Gasteiger partial charge in [0.1, 0.15) is 12.4 Å². The molecule has 0 amide bonds. The molecule has 0 radical (unpaired) electrons. The molecule has 0 bridgehead atoms. The Balaban J connectivity index is 1.78. The number of aromatic nitrogens is 2. The fourth-order valence-corrected chi connectivity index (χ4v) is 3.98. The first-order valence-electron chi connectivity index (χ1n) is 8.79. The number of hydrogen-bond acceptors (Lipinski definition) is 6. The van der Waals surface area contributed by atoms with Crippen LogP contribution in [-0.4, -0.2) is 35.7 Å². The molecule has 1 aromatic heterocycles. The minimum Gasteiger partial charge on any atom is -0.476 e. The van der Waals surface area contributed by atoms with Gasteiger partial charge in [0.25, 0.3) is 0 Å². The van der Waals surface area contributed by atoms with Crippen LogP contribution in [0.4, 0.5) is 11.5 Å². The summed E-state index contributed by atoms with van der Waals surface area (Å²) in [7, 11) is 0. The third-order valence-electron chi connectivity index (χ3n) is 4.96.